The van der Waals surface area contributed by atoms with E-state index >= 15 is 0 Å². The van der Waals surface area contributed by atoms with Crippen LogP contribution in [0.1, 0.15) is 19.9 Å². The summed E-state index contributed by atoms with van der Waals surface area (Å²) in [6, 6.07) is 7.96. The molecule has 0 fully saturated rings. The quantitative estimate of drug-likeness (QED) is 0.757. The molecule has 2 rings (SSSR count). The highest BCUT2D eigenvalue weighted by Crippen LogP contribution is 2.26. The lowest BCUT2D eigenvalue weighted by Crippen LogP contribution is -2.04. The summed E-state index contributed by atoms with van der Waals surface area (Å²) in [5, 5.41) is 4.29. The Kier molecular flexibility index (Phi) is 2.56. The van der Waals surface area contributed by atoms with Gasteiger partial charge in [0.25, 0.3) is 0 Å². The van der Waals surface area contributed by atoms with Crippen LogP contribution in [0.4, 0.5) is 11.4 Å². The number of anilines is 2. The van der Waals surface area contributed by atoms with Crippen molar-refractivity contribution in [3.8, 4) is 11.3 Å². The number of nitrogens with two attached hydrogens (primary N) is 2. The van der Waals surface area contributed by atoms with Crippen LogP contribution in [0.25, 0.3) is 11.3 Å². The molecule has 0 spiro atoms. The summed E-state index contributed by atoms with van der Waals surface area (Å²) in [5.74, 6) is 0. The van der Waals surface area contributed by atoms with Crippen LogP contribution in [-0.4, -0.2) is 9.78 Å². The van der Waals surface area contributed by atoms with Gasteiger partial charge in [-0.2, -0.15) is 5.10 Å². The number of hydrogen-bond donors (Lipinski definition) is 2. The van der Waals surface area contributed by atoms with Gasteiger partial charge < -0.3 is 11.5 Å². The molecule has 4 N–H and O–H groups in total. The van der Waals surface area contributed by atoms with Gasteiger partial charge in [-0.3, -0.25) is 4.68 Å². The molecule has 0 unspecified atom stereocenters. The molecule has 4 heteroatoms. The molecule has 0 radical (unpaired) electrons. The van der Waals surface area contributed by atoms with Gasteiger partial charge in [0, 0.05) is 17.8 Å². The first kappa shape index (κ1) is 10.5. The first-order valence-corrected chi connectivity index (χ1v) is 5.28. The molecule has 0 atom stereocenters. The number of nitrogens with zero attached hydrogens (tertiary/aromatic N) is 2. The van der Waals surface area contributed by atoms with E-state index in [0.29, 0.717) is 17.4 Å². The number of aromatic nitrogens is 2. The number of hydrogen-bond acceptors (Lipinski definition) is 3. The zero-order valence-electron chi connectivity index (χ0n) is 9.51. The summed E-state index contributed by atoms with van der Waals surface area (Å²) in [7, 11) is 0. The first-order valence-electron chi connectivity index (χ1n) is 5.28. The van der Waals surface area contributed by atoms with Gasteiger partial charge >= 0.3 is 0 Å². The van der Waals surface area contributed by atoms with Crippen LogP contribution in [0, 0.1) is 0 Å². The monoisotopic (exact) mass is 216 g/mol. The van der Waals surface area contributed by atoms with Crippen molar-refractivity contribution < 1.29 is 0 Å². The van der Waals surface area contributed by atoms with E-state index in [2.05, 4.69) is 18.9 Å². The molecule has 1 aromatic heterocycles. The average Bonchev–Trinajstić information content (AvgIpc) is 2.71. The van der Waals surface area contributed by atoms with Gasteiger partial charge in [0.15, 0.2) is 0 Å². The number of rotatable bonds is 2. The zero-order chi connectivity index (χ0) is 11.7. The maximum absolute atomic E-state index is 5.80. The fourth-order valence-corrected chi connectivity index (χ4v) is 1.69. The molecule has 1 aromatic carbocycles. The summed E-state index contributed by atoms with van der Waals surface area (Å²) in [4.78, 5) is 0. The lowest BCUT2D eigenvalue weighted by molar-refractivity contribution is 0.538. The van der Waals surface area contributed by atoms with Gasteiger partial charge in [0.1, 0.15) is 0 Å². The van der Waals surface area contributed by atoms with E-state index in [0.717, 1.165) is 11.3 Å². The van der Waals surface area contributed by atoms with E-state index < -0.39 is 0 Å². The Hall–Kier alpha value is -1.97. The van der Waals surface area contributed by atoms with Crippen LogP contribution in [0.3, 0.4) is 0 Å². The third kappa shape index (κ3) is 1.74. The highest BCUT2D eigenvalue weighted by molar-refractivity contribution is 5.73. The van der Waals surface area contributed by atoms with E-state index in [-0.39, 0.29) is 0 Å². The van der Waals surface area contributed by atoms with Crippen molar-refractivity contribution in [2.75, 3.05) is 11.5 Å². The Morgan fingerprint density at radius 1 is 1.12 bits per heavy atom. The van der Waals surface area contributed by atoms with Crippen LogP contribution >= 0.6 is 0 Å². The predicted octanol–water partition coefficient (Wildman–Crippen LogP) is 2.30. The number of nitrogen functional groups attached to an aromatic ring is 2. The Balaban J connectivity index is 2.50. The molecular formula is C12H16N4. The van der Waals surface area contributed by atoms with Gasteiger partial charge in [-0.25, -0.2) is 0 Å². The molecule has 0 saturated heterocycles. The van der Waals surface area contributed by atoms with Gasteiger partial charge in [-0.05, 0) is 32.0 Å². The smallest absolute Gasteiger partial charge is 0.0686 e. The molecule has 0 aliphatic rings. The predicted molar refractivity (Wildman–Crippen MR) is 66.9 cm³/mol. The molecule has 0 aliphatic carbocycles. The molecule has 16 heavy (non-hydrogen) atoms. The summed E-state index contributed by atoms with van der Waals surface area (Å²) in [5.41, 5.74) is 14.8. The van der Waals surface area contributed by atoms with E-state index in [1.165, 1.54) is 0 Å². The van der Waals surface area contributed by atoms with Crippen molar-refractivity contribution in [2.24, 2.45) is 0 Å². The van der Waals surface area contributed by atoms with E-state index in [1.807, 2.05) is 28.9 Å². The Bertz CT molecular complexity index is 499. The standard InChI is InChI=1S/C12H16N4/c1-8(2)16-12(5-6-15-16)9-3-4-10(13)11(14)7-9/h3-8H,13-14H2,1-2H3. The van der Waals surface area contributed by atoms with Crippen molar-refractivity contribution in [2.45, 2.75) is 19.9 Å². The maximum atomic E-state index is 5.80. The van der Waals surface area contributed by atoms with Crippen LogP contribution in [0.15, 0.2) is 30.5 Å². The third-order valence-electron chi connectivity index (χ3n) is 2.54. The van der Waals surface area contributed by atoms with Crippen molar-refractivity contribution in [3.05, 3.63) is 30.5 Å². The first-order chi connectivity index (χ1) is 7.59. The van der Waals surface area contributed by atoms with Crippen LogP contribution < -0.4 is 11.5 Å². The van der Waals surface area contributed by atoms with Crippen LogP contribution in [0.5, 0.6) is 0 Å². The largest absolute Gasteiger partial charge is 0.397 e. The highest BCUT2D eigenvalue weighted by Gasteiger charge is 2.08. The van der Waals surface area contributed by atoms with E-state index in [4.69, 9.17) is 11.5 Å². The summed E-state index contributed by atoms with van der Waals surface area (Å²) >= 11 is 0. The van der Waals surface area contributed by atoms with E-state index in [1.54, 1.807) is 6.20 Å². The molecule has 1 heterocycles. The summed E-state index contributed by atoms with van der Waals surface area (Å²) in [6.07, 6.45) is 1.79. The molecule has 0 saturated carbocycles. The highest BCUT2D eigenvalue weighted by atomic mass is 15.3. The van der Waals surface area contributed by atoms with Gasteiger partial charge in [-0.1, -0.05) is 6.07 Å². The Labute approximate surface area is 94.9 Å². The fraction of sp³-hybridized carbons (Fsp3) is 0.250. The normalized spacial score (nSPS) is 10.9. The summed E-state index contributed by atoms with van der Waals surface area (Å²) < 4.78 is 1.96. The molecular weight excluding hydrogens is 200 g/mol. The molecule has 4 nitrogen and oxygen atoms in total. The maximum Gasteiger partial charge on any atom is 0.0686 e. The lowest BCUT2D eigenvalue weighted by atomic mass is 10.1. The van der Waals surface area contributed by atoms with Gasteiger partial charge in [0.05, 0.1) is 17.1 Å². The van der Waals surface area contributed by atoms with Crippen molar-refractivity contribution in [1.82, 2.24) is 9.78 Å². The minimum Gasteiger partial charge on any atom is -0.397 e. The Morgan fingerprint density at radius 3 is 2.50 bits per heavy atom. The minimum atomic E-state index is 0.323. The molecule has 2 aromatic rings. The zero-order valence-corrected chi connectivity index (χ0v) is 9.51. The molecule has 0 bridgehead atoms. The second-order valence-corrected chi connectivity index (χ2v) is 4.10. The van der Waals surface area contributed by atoms with Crippen molar-refractivity contribution in [1.29, 1.82) is 0 Å². The second kappa shape index (κ2) is 3.89. The fourth-order valence-electron chi connectivity index (χ4n) is 1.69. The molecule has 84 valence electrons. The molecule has 0 aliphatic heterocycles. The SMILES string of the molecule is CC(C)n1nccc1-c1ccc(N)c(N)c1. The second-order valence-electron chi connectivity index (χ2n) is 4.10. The number of benzene rings is 1. The minimum absolute atomic E-state index is 0.323. The van der Waals surface area contributed by atoms with Gasteiger partial charge in [-0.15, -0.1) is 0 Å². The molecule has 0 amide bonds. The van der Waals surface area contributed by atoms with Gasteiger partial charge in [0.2, 0.25) is 0 Å². The van der Waals surface area contributed by atoms with Crippen LogP contribution in [0.2, 0.25) is 0 Å². The van der Waals surface area contributed by atoms with Crippen molar-refractivity contribution in [3.63, 3.8) is 0 Å². The van der Waals surface area contributed by atoms with Crippen LogP contribution in [-0.2, 0) is 0 Å². The lowest BCUT2D eigenvalue weighted by Gasteiger charge is -2.11. The van der Waals surface area contributed by atoms with Crippen molar-refractivity contribution >= 4 is 11.4 Å². The van der Waals surface area contributed by atoms with E-state index in [9.17, 15) is 0 Å². The summed E-state index contributed by atoms with van der Waals surface area (Å²) in [6.45, 7) is 4.19. The average molecular weight is 216 g/mol. The third-order valence-corrected chi connectivity index (χ3v) is 2.54. The topological polar surface area (TPSA) is 69.9 Å². The Morgan fingerprint density at radius 2 is 1.88 bits per heavy atom.